The van der Waals surface area contributed by atoms with Gasteiger partial charge in [-0.3, -0.25) is 14.5 Å². The maximum absolute atomic E-state index is 12.2. The van der Waals surface area contributed by atoms with Crippen LogP contribution in [0.2, 0.25) is 0 Å². The molecule has 1 aromatic rings. The lowest BCUT2D eigenvalue weighted by Gasteiger charge is -2.23. The van der Waals surface area contributed by atoms with E-state index in [0.29, 0.717) is 52.8 Å². The van der Waals surface area contributed by atoms with Crippen molar-refractivity contribution in [3.05, 3.63) is 35.9 Å². The van der Waals surface area contributed by atoms with Crippen LogP contribution < -0.4 is 10.6 Å². The maximum Gasteiger partial charge on any atom is 0.410 e. The molecule has 11 heteroatoms. The predicted octanol–water partition coefficient (Wildman–Crippen LogP) is 0.572. The van der Waals surface area contributed by atoms with Gasteiger partial charge in [0.05, 0.1) is 46.2 Å². The molecular formula is C23H37N3O8. The maximum atomic E-state index is 12.2. The molecule has 1 unspecified atom stereocenters. The lowest BCUT2D eigenvalue weighted by Crippen LogP contribution is -2.46. The van der Waals surface area contributed by atoms with Crippen molar-refractivity contribution >= 4 is 17.9 Å². The first-order valence-electron chi connectivity index (χ1n) is 11.2. The Labute approximate surface area is 201 Å². The molecule has 0 aliphatic carbocycles. The van der Waals surface area contributed by atoms with E-state index in [9.17, 15) is 14.4 Å². The first-order chi connectivity index (χ1) is 16.5. The van der Waals surface area contributed by atoms with Gasteiger partial charge in [-0.1, -0.05) is 30.3 Å². The van der Waals surface area contributed by atoms with E-state index in [4.69, 9.17) is 23.7 Å². The average Bonchev–Trinajstić information content (AvgIpc) is 2.86. The predicted molar refractivity (Wildman–Crippen MR) is 124 cm³/mol. The third-order valence-corrected chi connectivity index (χ3v) is 4.63. The van der Waals surface area contributed by atoms with Crippen LogP contribution in [-0.4, -0.2) is 102 Å². The van der Waals surface area contributed by atoms with E-state index >= 15 is 0 Å². The Kier molecular flexibility index (Phi) is 16.1. The number of likely N-dealkylation sites (N-methyl/N-ethyl adjacent to an activating group) is 2. The van der Waals surface area contributed by atoms with Gasteiger partial charge in [0.2, 0.25) is 11.8 Å². The van der Waals surface area contributed by atoms with Crippen molar-refractivity contribution in [1.29, 1.82) is 0 Å². The average molecular weight is 484 g/mol. The van der Waals surface area contributed by atoms with E-state index in [1.165, 1.54) is 11.9 Å². The lowest BCUT2D eigenvalue weighted by molar-refractivity contribution is -0.126. The van der Waals surface area contributed by atoms with Gasteiger partial charge in [0, 0.05) is 20.6 Å². The van der Waals surface area contributed by atoms with E-state index in [1.807, 2.05) is 30.3 Å². The monoisotopic (exact) mass is 483 g/mol. The van der Waals surface area contributed by atoms with Crippen molar-refractivity contribution in [2.24, 2.45) is 0 Å². The van der Waals surface area contributed by atoms with Crippen LogP contribution in [-0.2, 0) is 39.9 Å². The molecule has 0 spiro atoms. The summed E-state index contributed by atoms with van der Waals surface area (Å²) in [6.07, 6.45) is -0.569. The highest BCUT2D eigenvalue weighted by Gasteiger charge is 2.23. The molecule has 2 N–H and O–H groups in total. The first-order valence-corrected chi connectivity index (χ1v) is 11.2. The van der Waals surface area contributed by atoms with Gasteiger partial charge in [-0.2, -0.15) is 0 Å². The minimum atomic E-state index is -0.680. The number of nitrogens with zero attached hydrogens (tertiary/aromatic N) is 1. The summed E-state index contributed by atoms with van der Waals surface area (Å²) in [7, 11) is 3.07. The zero-order chi connectivity index (χ0) is 25.0. The fraction of sp³-hybridized carbons (Fsp3) is 0.609. The largest absolute Gasteiger partial charge is 0.445 e. The molecule has 1 aromatic carbocycles. The van der Waals surface area contributed by atoms with Crippen LogP contribution in [0.25, 0.3) is 0 Å². The van der Waals surface area contributed by atoms with Crippen LogP contribution in [0.5, 0.6) is 0 Å². The molecule has 1 rings (SSSR count). The Morgan fingerprint density at radius 1 is 0.882 bits per heavy atom. The number of rotatable bonds is 18. The van der Waals surface area contributed by atoms with E-state index in [0.717, 1.165) is 5.56 Å². The van der Waals surface area contributed by atoms with Gasteiger partial charge in [0.1, 0.15) is 19.3 Å². The minimum Gasteiger partial charge on any atom is -0.445 e. The second kappa shape index (κ2) is 18.7. The number of ether oxygens (including phenoxy) is 5. The Morgan fingerprint density at radius 2 is 1.44 bits per heavy atom. The van der Waals surface area contributed by atoms with Crippen molar-refractivity contribution in [3.8, 4) is 0 Å². The highest BCUT2D eigenvalue weighted by atomic mass is 16.6. The molecule has 192 valence electrons. The number of benzene rings is 1. The second-order valence-electron chi connectivity index (χ2n) is 7.18. The smallest absolute Gasteiger partial charge is 0.410 e. The SMILES string of the molecule is CNC(=O)COCCOCCOCCOCCNC(=O)C(C)N(C)C(=O)OCc1ccccc1. The zero-order valence-electron chi connectivity index (χ0n) is 20.2. The van der Waals surface area contributed by atoms with Crippen molar-refractivity contribution in [2.45, 2.75) is 19.6 Å². The molecule has 0 fully saturated rings. The van der Waals surface area contributed by atoms with Crippen molar-refractivity contribution in [3.63, 3.8) is 0 Å². The van der Waals surface area contributed by atoms with Crippen LogP contribution in [0.15, 0.2) is 30.3 Å². The number of hydrogen-bond donors (Lipinski definition) is 2. The quantitative estimate of drug-likeness (QED) is 0.291. The summed E-state index contributed by atoms with van der Waals surface area (Å²) in [4.78, 5) is 36.6. The fourth-order valence-electron chi connectivity index (χ4n) is 2.45. The van der Waals surface area contributed by atoms with Gasteiger partial charge in [0.25, 0.3) is 0 Å². The summed E-state index contributed by atoms with van der Waals surface area (Å²) in [6, 6.07) is 8.65. The van der Waals surface area contributed by atoms with Crippen LogP contribution >= 0.6 is 0 Å². The topological polar surface area (TPSA) is 125 Å². The van der Waals surface area contributed by atoms with Crippen LogP contribution in [0.1, 0.15) is 12.5 Å². The first kappa shape index (κ1) is 29.3. The van der Waals surface area contributed by atoms with Crippen molar-refractivity contribution in [2.75, 3.05) is 73.5 Å². The van der Waals surface area contributed by atoms with Crippen LogP contribution in [0, 0.1) is 0 Å². The zero-order valence-corrected chi connectivity index (χ0v) is 20.2. The van der Waals surface area contributed by atoms with Crippen molar-refractivity contribution in [1.82, 2.24) is 15.5 Å². The second-order valence-corrected chi connectivity index (χ2v) is 7.18. The summed E-state index contributed by atoms with van der Waals surface area (Å²) in [5.41, 5.74) is 0.874. The standard InChI is InChI=1S/C23H37N3O8/c1-19(26(3)23(29)34-17-20-7-5-4-6-8-20)22(28)25-9-10-30-11-12-31-13-14-32-15-16-33-18-21(27)24-2/h4-8,19H,9-18H2,1-3H3,(H,24,27)(H,25,28). The molecule has 34 heavy (non-hydrogen) atoms. The van der Waals surface area contributed by atoms with Gasteiger partial charge in [-0.05, 0) is 12.5 Å². The highest BCUT2D eigenvalue weighted by molar-refractivity contribution is 5.85. The molecule has 0 aliphatic rings. The summed E-state index contributed by atoms with van der Waals surface area (Å²) in [5, 5.41) is 5.19. The number of carbonyl (C=O) groups is 3. The van der Waals surface area contributed by atoms with E-state index < -0.39 is 12.1 Å². The van der Waals surface area contributed by atoms with Gasteiger partial charge in [-0.25, -0.2) is 4.79 Å². The molecule has 0 bridgehead atoms. The van der Waals surface area contributed by atoms with Gasteiger partial charge in [-0.15, -0.1) is 0 Å². The number of amides is 3. The minimum absolute atomic E-state index is 0.0189. The third-order valence-electron chi connectivity index (χ3n) is 4.63. The Morgan fingerprint density at radius 3 is 2.03 bits per heavy atom. The number of nitrogens with one attached hydrogen (secondary N) is 2. The lowest BCUT2D eigenvalue weighted by atomic mass is 10.2. The van der Waals surface area contributed by atoms with E-state index in [2.05, 4.69) is 10.6 Å². The van der Waals surface area contributed by atoms with Gasteiger partial charge < -0.3 is 34.3 Å². The molecule has 0 saturated heterocycles. The Hall–Kier alpha value is -2.73. The van der Waals surface area contributed by atoms with E-state index in [-0.39, 0.29) is 25.0 Å². The third kappa shape index (κ3) is 13.7. The van der Waals surface area contributed by atoms with Gasteiger partial charge in [0.15, 0.2) is 0 Å². The summed E-state index contributed by atoms with van der Waals surface area (Å²) in [5.74, 6) is -0.473. The molecule has 0 saturated carbocycles. The van der Waals surface area contributed by atoms with E-state index in [1.54, 1.807) is 14.0 Å². The fourth-order valence-corrected chi connectivity index (χ4v) is 2.45. The summed E-state index contributed by atoms with van der Waals surface area (Å²) < 4.78 is 26.4. The highest BCUT2D eigenvalue weighted by Crippen LogP contribution is 2.05. The van der Waals surface area contributed by atoms with Gasteiger partial charge >= 0.3 is 6.09 Å². The molecule has 11 nitrogen and oxygen atoms in total. The molecule has 0 aromatic heterocycles. The molecule has 0 radical (unpaired) electrons. The number of hydrogen-bond acceptors (Lipinski definition) is 8. The molecule has 3 amide bonds. The Balaban J connectivity index is 1.97. The van der Waals surface area contributed by atoms with Crippen molar-refractivity contribution < 1.29 is 38.1 Å². The van der Waals surface area contributed by atoms with Crippen LogP contribution in [0.4, 0.5) is 4.79 Å². The molecular weight excluding hydrogens is 446 g/mol. The number of carbonyl (C=O) groups excluding carboxylic acids is 3. The Bertz CT molecular complexity index is 705. The normalized spacial score (nSPS) is 11.5. The summed E-state index contributed by atoms with van der Waals surface area (Å²) >= 11 is 0. The molecule has 0 heterocycles. The molecule has 0 aliphatic heterocycles. The molecule has 1 atom stereocenters. The van der Waals surface area contributed by atoms with Crippen LogP contribution in [0.3, 0.4) is 0 Å². The summed E-state index contributed by atoms with van der Waals surface area (Å²) in [6.45, 7) is 4.77.